The number of aliphatic carboxylic acids is 3. The van der Waals surface area contributed by atoms with E-state index in [1.165, 1.54) is 13.8 Å². The largest absolute Gasteiger partial charge is 0.481 e. The zero-order chi connectivity index (χ0) is 69.6. The van der Waals surface area contributed by atoms with Crippen LogP contribution >= 0.6 is 35.2 Å². The lowest BCUT2D eigenvalue weighted by molar-refractivity contribution is -0.138. The van der Waals surface area contributed by atoms with Crippen LogP contribution in [0.25, 0.3) is 35.5 Å². The molecule has 95 heavy (non-hydrogen) atoms. The summed E-state index contributed by atoms with van der Waals surface area (Å²) in [4.78, 5) is 141. The molecule has 1 fully saturated rings. The van der Waals surface area contributed by atoms with Crippen LogP contribution in [0, 0.1) is 33.1 Å². The van der Waals surface area contributed by atoms with Crippen LogP contribution in [0.2, 0.25) is 0 Å². The number of ether oxygens (including phenoxy) is 1. The fraction of sp³-hybridized carbons (Fsp3) is 0.456. The molecule has 7 atom stereocenters. The molecule has 7 unspecified atom stereocenters. The van der Waals surface area contributed by atoms with E-state index in [0.29, 0.717) is 44.2 Å². The fourth-order valence-electron chi connectivity index (χ4n) is 10.9. The highest BCUT2D eigenvalue weighted by Crippen LogP contribution is 2.61. The zero-order valence-corrected chi connectivity index (χ0v) is 55.6. The lowest BCUT2D eigenvalue weighted by Crippen LogP contribution is -2.46. The molecule has 1 saturated heterocycles. The number of imidazole rings is 1. The topological polar surface area (TPSA) is 539 Å². The van der Waals surface area contributed by atoms with Crippen LogP contribution in [-0.2, 0) is 90.8 Å². The van der Waals surface area contributed by atoms with Gasteiger partial charge in [0, 0.05) is 101 Å². The normalized spacial score (nSPS) is 19.1. The van der Waals surface area contributed by atoms with Gasteiger partial charge in [-0.3, -0.25) is 46.9 Å². The van der Waals surface area contributed by atoms with E-state index >= 15 is 0 Å². The Bertz CT molecular complexity index is 4340. The Morgan fingerprint density at radius 3 is 1.74 bits per heavy atom. The van der Waals surface area contributed by atoms with Gasteiger partial charge in [-0.2, -0.15) is 4.31 Å². The van der Waals surface area contributed by atoms with E-state index in [0.717, 1.165) is 73.5 Å². The first kappa shape index (κ1) is 73.4. The van der Waals surface area contributed by atoms with Gasteiger partial charge in [0.1, 0.15) is 36.3 Å². The highest BCUT2D eigenvalue weighted by Gasteiger charge is 2.50. The first-order valence-corrected chi connectivity index (χ1v) is 35.0. The number of anilines is 1. The number of carbonyl (C=O) groups is 6. The number of nitrogens with two attached hydrogens (primary N) is 1. The molecule has 2 aliphatic heterocycles. The van der Waals surface area contributed by atoms with Crippen molar-refractivity contribution in [2.45, 2.75) is 130 Å². The molecule has 516 valence electrons. The highest BCUT2D eigenvalue weighted by atomic mass is 32.2. The molecule has 2 aliphatic rings. The van der Waals surface area contributed by atoms with Crippen molar-refractivity contribution in [2.24, 2.45) is 5.41 Å². The zero-order valence-electron chi connectivity index (χ0n) is 52.1. The summed E-state index contributed by atoms with van der Waals surface area (Å²) in [5.41, 5.74) is 13.0. The van der Waals surface area contributed by atoms with Crippen molar-refractivity contribution >= 4 is 111 Å². The van der Waals surface area contributed by atoms with Crippen molar-refractivity contribution in [2.75, 3.05) is 37.8 Å². The summed E-state index contributed by atoms with van der Waals surface area (Å²) in [5.74, 6) is -4.41. The van der Waals surface area contributed by atoms with Crippen LogP contribution in [-0.4, -0.2) is 176 Å². The number of amides is 2. The van der Waals surface area contributed by atoms with Crippen molar-refractivity contribution in [3.8, 4) is 0 Å². The van der Waals surface area contributed by atoms with Crippen LogP contribution in [0.3, 0.4) is 0 Å². The van der Waals surface area contributed by atoms with Crippen LogP contribution in [0.5, 0.6) is 0 Å². The van der Waals surface area contributed by atoms with Gasteiger partial charge < -0.3 is 86.1 Å². The molecule has 8 heterocycles. The van der Waals surface area contributed by atoms with E-state index in [2.05, 4.69) is 54.4 Å². The molecule has 0 aliphatic carbocycles. The van der Waals surface area contributed by atoms with Crippen LogP contribution in [0.15, 0.2) is 12.7 Å². The first-order valence-electron chi connectivity index (χ1n) is 29.5. The molecule has 38 heteroatoms. The average molecular weight is 1410 g/mol. The number of nitrogen functional groups attached to an aromatic ring is 1. The van der Waals surface area contributed by atoms with Gasteiger partial charge >= 0.3 is 41.4 Å². The number of fused-ring (bicyclic) bond motifs is 9. The van der Waals surface area contributed by atoms with E-state index in [1.54, 1.807) is 0 Å². The van der Waals surface area contributed by atoms with Gasteiger partial charge in [-0.1, -0.05) is 25.6 Å². The number of rotatable bonds is 31. The second kappa shape index (κ2) is 30.3. The standard InChI is InChI=1S/C57H74N11O23P3S/c1-27-31(7-11-45(70)71)39-19-36-28(2)32(8-12-46(72)73)41(65-36)21-38-30(4)34(42(67-38)22-37-29(3)33(9-13-47(74)75)40(66-37)20-35(27)64-39)10-14-48(76)95-18-17-59-44(69)15-16-60-55(79)52(78)57(5,6)24-88-94(85,86)91-93(83,84)87-23-43-51(90-92(80,81)82)50(77)56(89-43)68-26-63-49-53(58)61-25-62-54(49)68/h19-22,25-26,43,50-52,56,64-67,77-78H,7-18,23-24H2,1-6H3,(H,59,69)(H,60,79)(H,70,71)(H,72,73)(H,74,75)(H,83,84)(H,85,86)(H2,58,61,62)(H2,80,81,82)/b35-20?,36-19?,37-22?,38-21-,39-19+,40-20?,41-21?,42-22-. The van der Waals surface area contributed by atoms with Crippen molar-refractivity contribution in [1.82, 2.24) is 50.1 Å². The van der Waals surface area contributed by atoms with E-state index < -0.39 is 102 Å². The van der Waals surface area contributed by atoms with E-state index in [9.17, 15) is 87.6 Å². The van der Waals surface area contributed by atoms with Gasteiger partial charge in [0.05, 0.1) is 19.5 Å². The summed E-state index contributed by atoms with van der Waals surface area (Å²) in [5, 5.41) is 58.5. The Morgan fingerprint density at radius 2 is 1.20 bits per heavy atom. The Morgan fingerprint density at radius 1 is 0.684 bits per heavy atom. The van der Waals surface area contributed by atoms with Crippen molar-refractivity contribution < 1.29 is 110 Å². The van der Waals surface area contributed by atoms with E-state index in [4.69, 9.17) is 19.5 Å². The molecule has 8 rings (SSSR count). The first-order chi connectivity index (χ1) is 44.5. The van der Waals surface area contributed by atoms with Gasteiger partial charge in [-0.25, -0.2) is 28.6 Å². The van der Waals surface area contributed by atoms with Gasteiger partial charge in [0.15, 0.2) is 22.8 Å². The minimum absolute atomic E-state index is 0.00592. The molecule has 2 amide bonds. The number of nitrogens with one attached hydrogen (secondary N) is 6. The summed E-state index contributed by atoms with van der Waals surface area (Å²) in [6, 6.07) is 0. The Labute approximate surface area is 544 Å². The fourth-order valence-corrected chi connectivity index (χ4v) is 14.4. The smallest absolute Gasteiger partial charge is 0.481 e. The lowest BCUT2D eigenvalue weighted by Gasteiger charge is -2.30. The maximum atomic E-state index is 13.5. The molecule has 8 bridgehead atoms. The average Bonchev–Trinajstić information content (AvgIpc) is 1.64. The van der Waals surface area contributed by atoms with Gasteiger partial charge in [-0.05, 0) is 122 Å². The Kier molecular flexibility index (Phi) is 23.4. The molecule has 6 aromatic heterocycles. The summed E-state index contributed by atoms with van der Waals surface area (Å²) >= 11 is 0.983. The molecular formula is C57H74N11O23P3S. The predicted octanol–water partition coefficient (Wildman–Crippen LogP) is 0.524. The number of carboxylic acids is 3. The number of aliphatic hydroxyl groups excluding tert-OH is 2. The number of thioether (sulfide) groups is 1. The summed E-state index contributed by atoms with van der Waals surface area (Å²) in [6.45, 7) is 7.62. The second-order valence-corrected chi connectivity index (χ2v) is 28.7. The van der Waals surface area contributed by atoms with Gasteiger partial charge in [0.25, 0.3) is 0 Å². The highest BCUT2D eigenvalue weighted by molar-refractivity contribution is 8.13. The number of carboxylic acid groups (broad SMARTS) is 3. The monoisotopic (exact) mass is 1410 g/mol. The predicted molar refractivity (Wildman–Crippen MR) is 338 cm³/mol. The molecule has 0 spiro atoms. The molecule has 17 N–H and O–H groups in total. The third-order valence-electron chi connectivity index (χ3n) is 16.1. The summed E-state index contributed by atoms with van der Waals surface area (Å²) < 4.78 is 63.1. The number of aromatic nitrogens is 8. The van der Waals surface area contributed by atoms with Crippen molar-refractivity contribution in [1.29, 1.82) is 0 Å². The molecule has 6 aromatic rings. The quantitative estimate of drug-likeness (QED) is 0.0208. The molecule has 0 radical (unpaired) electrons. The number of H-pyrrole nitrogens is 4. The minimum Gasteiger partial charge on any atom is -0.481 e. The van der Waals surface area contributed by atoms with Gasteiger partial charge in [0.2, 0.25) is 11.8 Å². The molecule has 0 aromatic carbocycles. The van der Waals surface area contributed by atoms with Gasteiger partial charge in [-0.15, -0.1) is 0 Å². The van der Waals surface area contributed by atoms with Crippen molar-refractivity contribution in [3.63, 3.8) is 0 Å². The van der Waals surface area contributed by atoms with E-state index in [-0.39, 0.29) is 98.7 Å². The Balaban J connectivity index is 0.848. The lowest BCUT2D eigenvalue weighted by atomic mass is 9.87. The van der Waals surface area contributed by atoms with E-state index in [1.807, 2.05) is 52.0 Å². The number of phosphoric acid groups is 3. The second-order valence-electron chi connectivity index (χ2n) is 23.3. The van der Waals surface area contributed by atoms with Crippen LogP contribution in [0.1, 0.15) is 119 Å². The minimum atomic E-state index is -5.65. The molecular weight excluding hydrogens is 1330 g/mol. The number of nitrogens with zero attached hydrogens (tertiary/aromatic N) is 4. The number of carbonyl (C=O) groups excluding carboxylic acids is 3. The number of hydrogen-bond donors (Lipinski definition) is 16. The number of aromatic amines is 4. The number of hydrogen-bond acceptors (Lipinski definition) is 21. The third-order valence-corrected chi connectivity index (χ3v) is 20.1. The maximum Gasteiger partial charge on any atom is 0.481 e. The summed E-state index contributed by atoms with van der Waals surface area (Å²) in [6.07, 6.45) is 0.685. The van der Waals surface area contributed by atoms with Crippen LogP contribution in [0.4, 0.5) is 5.82 Å². The Hall–Kier alpha value is -7.43. The third kappa shape index (κ3) is 18.6. The maximum absolute atomic E-state index is 13.5. The van der Waals surface area contributed by atoms with Crippen molar-refractivity contribution in [3.05, 3.63) is 101 Å². The van der Waals surface area contributed by atoms with Crippen LogP contribution < -0.4 is 37.8 Å². The SMILES string of the molecule is Cc1c2[nH]c(c1CCC(=O)O)C=c1[nH]/c(c(CCC(=O)O)c1C)=C/c1[nH]c(c(CCC(=O)O)c1C)/C=c1\[nH]/c(c(CCC(=O)SCCNC(=O)CCNC(=O)C(O)C(C)(C)COP(=O)(O)OP(=O)(O)OCC3OC(n4cnc5c(N)ncnc54)C(O)C3OP(=O)(O)O)c1C)=C\2. The molecule has 0 saturated carbocycles. The summed E-state index contributed by atoms with van der Waals surface area (Å²) in [7, 11) is -16.6. The molecule has 34 nitrogen and oxygen atoms in total. The number of phosphoric ester groups is 3. The number of aliphatic hydroxyl groups is 2.